The number of methoxy groups -OCH3 is 2. The molecule has 0 spiro atoms. The van der Waals surface area contributed by atoms with Crippen molar-refractivity contribution in [2.45, 2.75) is 44.9 Å². The number of rotatable bonds is 9. The van der Waals surface area contributed by atoms with Gasteiger partial charge in [0.15, 0.2) is 11.5 Å². The van der Waals surface area contributed by atoms with Gasteiger partial charge in [-0.2, -0.15) is 0 Å². The van der Waals surface area contributed by atoms with Crippen LogP contribution in [0.25, 0.3) is 0 Å². The molecule has 0 unspecified atom stereocenters. The van der Waals surface area contributed by atoms with E-state index in [4.69, 9.17) is 13.9 Å². The van der Waals surface area contributed by atoms with E-state index in [1.165, 1.54) is 0 Å². The van der Waals surface area contributed by atoms with Gasteiger partial charge in [-0.3, -0.25) is 9.69 Å². The van der Waals surface area contributed by atoms with Crippen molar-refractivity contribution in [1.82, 2.24) is 20.4 Å². The number of aromatic nitrogens is 2. The van der Waals surface area contributed by atoms with Crippen LogP contribution in [0, 0.1) is 0 Å². The molecule has 1 aliphatic heterocycles. The Morgan fingerprint density at radius 3 is 2.57 bits per heavy atom. The van der Waals surface area contributed by atoms with Crippen molar-refractivity contribution in [1.29, 1.82) is 0 Å². The van der Waals surface area contributed by atoms with Crippen LogP contribution >= 0.6 is 0 Å². The first-order valence-corrected chi connectivity index (χ1v) is 10.5. The van der Waals surface area contributed by atoms with Crippen LogP contribution in [-0.2, 0) is 11.2 Å². The van der Waals surface area contributed by atoms with Crippen LogP contribution in [-0.4, -0.2) is 61.4 Å². The van der Waals surface area contributed by atoms with E-state index in [9.17, 15) is 4.79 Å². The van der Waals surface area contributed by atoms with Gasteiger partial charge in [0.05, 0.1) is 20.8 Å². The van der Waals surface area contributed by atoms with Gasteiger partial charge in [-0.25, -0.2) is 0 Å². The smallest absolute Gasteiger partial charge is 0.234 e. The maximum atomic E-state index is 12.3. The minimum atomic E-state index is 0.0498. The lowest BCUT2D eigenvalue weighted by Crippen LogP contribution is -2.41. The van der Waals surface area contributed by atoms with E-state index in [1.807, 2.05) is 32.0 Å². The van der Waals surface area contributed by atoms with E-state index in [2.05, 4.69) is 20.4 Å². The van der Waals surface area contributed by atoms with Crippen LogP contribution < -0.4 is 14.8 Å². The molecule has 1 aliphatic rings. The highest BCUT2D eigenvalue weighted by Gasteiger charge is 2.26. The summed E-state index contributed by atoms with van der Waals surface area (Å²) in [5, 5.41) is 11.3. The van der Waals surface area contributed by atoms with Gasteiger partial charge in [0, 0.05) is 18.4 Å². The molecule has 8 nitrogen and oxygen atoms in total. The number of ether oxygens (including phenoxy) is 2. The molecule has 2 aromatic rings. The monoisotopic (exact) mass is 416 g/mol. The number of amides is 1. The third kappa shape index (κ3) is 5.72. The van der Waals surface area contributed by atoms with E-state index in [-0.39, 0.29) is 17.7 Å². The van der Waals surface area contributed by atoms with E-state index >= 15 is 0 Å². The molecule has 0 bridgehead atoms. The van der Waals surface area contributed by atoms with Crippen LogP contribution in [0.1, 0.15) is 55.9 Å². The average Bonchev–Trinajstić information content (AvgIpc) is 3.25. The van der Waals surface area contributed by atoms with Gasteiger partial charge in [0.2, 0.25) is 17.7 Å². The fourth-order valence-electron chi connectivity index (χ4n) is 3.62. The number of hydrogen-bond acceptors (Lipinski definition) is 7. The van der Waals surface area contributed by atoms with Crippen LogP contribution in [0.5, 0.6) is 11.5 Å². The third-order valence-corrected chi connectivity index (χ3v) is 5.44. The Balaban J connectivity index is 1.38. The number of carbonyl (C=O) groups excluding carboxylic acids is 1. The number of piperidine rings is 1. The quantitative estimate of drug-likeness (QED) is 0.672. The first-order chi connectivity index (χ1) is 14.5. The molecule has 1 fully saturated rings. The molecule has 1 aromatic heterocycles. The van der Waals surface area contributed by atoms with Crippen molar-refractivity contribution in [3.05, 3.63) is 35.5 Å². The highest BCUT2D eigenvalue weighted by Crippen LogP contribution is 2.29. The number of hydrogen-bond donors (Lipinski definition) is 1. The van der Waals surface area contributed by atoms with E-state index in [1.54, 1.807) is 14.2 Å². The Hall–Kier alpha value is -2.61. The second-order valence-corrected chi connectivity index (χ2v) is 7.97. The summed E-state index contributed by atoms with van der Waals surface area (Å²) in [6.45, 7) is 6.80. The second-order valence-electron chi connectivity index (χ2n) is 7.97. The minimum absolute atomic E-state index is 0.0498. The Morgan fingerprint density at radius 2 is 1.93 bits per heavy atom. The Labute approximate surface area is 177 Å². The Morgan fingerprint density at radius 1 is 1.20 bits per heavy atom. The summed E-state index contributed by atoms with van der Waals surface area (Å²) in [4.78, 5) is 14.5. The molecule has 1 aromatic carbocycles. The lowest BCUT2D eigenvalue weighted by Gasteiger charge is -2.29. The maximum Gasteiger partial charge on any atom is 0.234 e. The zero-order chi connectivity index (χ0) is 21.5. The van der Waals surface area contributed by atoms with E-state index in [0.717, 1.165) is 43.8 Å². The molecular weight excluding hydrogens is 384 g/mol. The summed E-state index contributed by atoms with van der Waals surface area (Å²) in [5.41, 5.74) is 1.09. The SMILES string of the molecule is COc1ccc(CCNC(=O)CN2CCC(c3nnc(C(C)C)o3)CC2)cc1OC. The Kier molecular flexibility index (Phi) is 7.68. The molecule has 0 saturated carbocycles. The molecule has 1 N–H and O–H groups in total. The van der Waals surface area contributed by atoms with Crippen molar-refractivity contribution in [3.63, 3.8) is 0 Å². The zero-order valence-electron chi connectivity index (χ0n) is 18.3. The van der Waals surface area contributed by atoms with Gasteiger partial charge in [-0.1, -0.05) is 19.9 Å². The second kappa shape index (κ2) is 10.4. The predicted molar refractivity (Wildman–Crippen MR) is 113 cm³/mol. The fraction of sp³-hybridized carbons (Fsp3) is 0.591. The highest BCUT2D eigenvalue weighted by molar-refractivity contribution is 5.78. The molecule has 164 valence electrons. The maximum absolute atomic E-state index is 12.3. The summed E-state index contributed by atoms with van der Waals surface area (Å²) < 4.78 is 16.4. The van der Waals surface area contributed by atoms with Crippen molar-refractivity contribution in [2.75, 3.05) is 40.4 Å². The van der Waals surface area contributed by atoms with Crippen molar-refractivity contribution >= 4 is 5.91 Å². The summed E-state index contributed by atoms with van der Waals surface area (Å²) in [6.07, 6.45) is 2.60. The number of nitrogens with one attached hydrogen (secondary N) is 1. The minimum Gasteiger partial charge on any atom is -0.493 e. The molecule has 2 heterocycles. The number of likely N-dealkylation sites (tertiary alicyclic amines) is 1. The predicted octanol–water partition coefficient (Wildman–Crippen LogP) is 2.75. The molecule has 1 amide bonds. The number of benzene rings is 1. The average molecular weight is 417 g/mol. The lowest BCUT2D eigenvalue weighted by atomic mass is 9.97. The van der Waals surface area contributed by atoms with Crippen molar-refractivity contribution in [2.24, 2.45) is 0 Å². The normalized spacial score (nSPS) is 15.4. The largest absolute Gasteiger partial charge is 0.493 e. The molecule has 8 heteroatoms. The zero-order valence-corrected chi connectivity index (χ0v) is 18.3. The van der Waals surface area contributed by atoms with Crippen LogP contribution in [0.15, 0.2) is 22.6 Å². The van der Waals surface area contributed by atoms with Gasteiger partial charge in [0.25, 0.3) is 0 Å². The van der Waals surface area contributed by atoms with Crippen molar-refractivity contribution < 1.29 is 18.7 Å². The summed E-state index contributed by atoms with van der Waals surface area (Å²) >= 11 is 0. The molecule has 0 atom stereocenters. The molecule has 0 radical (unpaired) electrons. The van der Waals surface area contributed by atoms with E-state index < -0.39 is 0 Å². The van der Waals surface area contributed by atoms with Crippen molar-refractivity contribution in [3.8, 4) is 11.5 Å². The summed E-state index contributed by atoms with van der Waals surface area (Å²) in [5.74, 6) is 3.41. The van der Waals surface area contributed by atoms with Gasteiger partial charge in [-0.15, -0.1) is 10.2 Å². The fourth-order valence-corrected chi connectivity index (χ4v) is 3.62. The van der Waals surface area contributed by atoms with E-state index in [0.29, 0.717) is 30.5 Å². The van der Waals surface area contributed by atoms with Gasteiger partial charge in [-0.05, 0) is 50.0 Å². The van der Waals surface area contributed by atoms with Crippen LogP contribution in [0.2, 0.25) is 0 Å². The number of nitrogens with zero attached hydrogens (tertiary/aromatic N) is 3. The molecule has 0 aliphatic carbocycles. The van der Waals surface area contributed by atoms with Gasteiger partial charge < -0.3 is 19.2 Å². The lowest BCUT2D eigenvalue weighted by molar-refractivity contribution is -0.122. The summed E-state index contributed by atoms with van der Waals surface area (Å²) in [7, 11) is 3.24. The highest BCUT2D eigenvalue weighted by atomic mass is 16.5. The molecule has 3 rings (SSSR count). The summed E-state index contributed by atoms with van der Waals surface area (Å²) in [6, 6.07) is 5.81. The number of carbonyl (C=O) groups is 1. The van der Waals surface area contributed by atoms with Gasteiger partial charge in [0.1, 0.15) is 0 Å². The standard InChI is InChI=1S/C22H32N4O4/c1-15(2)21-24-25-22(30-21)17-8-11-26(12-9-17)14-20(27)23-10-7-16-5-6-18(28-3)19(13-16)29-4/h5-6,13,15,17H,7-12,14H2,1-4H3,(H,23,27). The van der Waals surface area contributed by atoms with Crippen LogP contribution in [0.4, 0.5) is 0 Å². The first kappa shape index (κ1) is 22.1. The molecule has 1 saturated heterocycles. The molecular formula is C22H32N4O4. The van der Waals surface area contributed by atoms with Gasteiger partial charge >= 0.3 is 0 Å². The first-order valence-electron chi connectivity index (χ1n) is 10.5. The topological polar surface area (TPSA) is 89.7 Å². The Bertz CT molecular complexity index is 828. The van der Waals surface area contributed by atoms with Crippen LogP contribution in [0.3, 0.4) is 0 Å². The molecule has 30 heavy (non-hydrogen) atoms. The third-order valence-electron chi connectivity index (χ3n) is 5.44.